The van der Waals surface area contributed by atoms with Crippen molar-refractivity contribution in [3.63, 3.8) is 0 Å². The van der Waals surface area contributed by atoms with Gasteiger partial charge in [0, 0.05) is 0 Å². The molecule has 1 aromatic carbocycles. The van der Waals surface area contributed by atoms with Gasteiger partial charge in [0.2, 0.25) is 11.8 Å². The van der Waals surface area contributed by atoms with E-state index in [1.165, 1.54) is 0 Å². The Kier molecular flexibility index (Phi) is 5.90. The van der Waals surface area contributed by atoms with E-state index in [0.29, 0.717) is 25.7 Å². The molecule has 1 heterocycles. The zero-order valence-corrected chi connectivity index (χ0v) is 13.2. The smallest absolute Gasteiger partial charge is 0.241 e. The lowest BCUT2D eigenvalue weighted by molar-refractivity contribution is -0.146. The van der Waals surface area contributed by atoms with Crippen molar-refractivity contribution in [2.75, 3.05) is 6.67 Å². The van der Waals surface area contributed by atoms with Crippen molar-refractivity contribution < 1.29 is 14.0 Å². The second-order valence-electron chi connectivity index (χ2n) is 5.98. The van der Waals surface area contributed by atoms with E-state index in [-0.39, 0.29) is 24.3 Å². The highest BCUT2D eigenvalue weighted by atomic mass is 19.1. The minimum Gasteiger partial charge on any atom is -0.312 e. The molecule has 0 unspecified atom stereocenters. The van der Waals surface area contributed by atoms with Gasteiger partial charge in [0.05, 0.1) is 6.67 Å². The number of nitrogens with one attached hydrogen (secondary N) is 2. The van der Waals surface area contributed by atoms with Gasteiger partial charge in [0.15, 0.2) is 0 Å². The van der Waals surface area contributed by atoms with Crippen molar-refractivity contribution in [1.29, 1.82) is 0 Å². The standard InChI is InChI=1S/C18H23FN2O2/c1-14-20-16(22)18(17(23)21-14,11-7-2-3-8-12-19)13-15-9-5-4-6-10-15/h4-6,9-10H,1-3,7-8,11-13H2,(H,20,22)(H,21,23). The SMILES string of the molecule is C=C1NC(=O)C(CCCCCCF)(Cc2ccccc2)C(=O)N1. The molecule has 0 atom stereocenters. The number of benzene rings is 1. The molecular weight excluding hydrogens is 295 g/mol. The summed E-state index contributed by atoms with van der Waals surface area (Å²) in [5, 5.41) is 5.30. The highest BCUT2D eigenvalue weighted by Crippen LogP contribution is 2.33. The Hall–Kier alpha value is -2.17. The van der Waals surface area contributed by atoms with Crippen LogP contribution in [0.2, 0.25) is 0 Å². The first-order valence-electron chi connectivity index (χ1n) is 8.00. The Morgan fingerprint density at radius 2 is 1.57 bits per heavy atom. The Morgan fingerprint density at radius 1 is 0.957 bits per heavy atom. The molecule has 1 aliphatic heterocycles. The molecule has 2 rings (SSSR count). The van der Waals surface area contributed by atoms with E-state index >= 15 is 0 Å². The molecular formula is C18H23FN2O2. The van der Waals surface area contributed by atoms with Crippen LogP contribution in [0.25, 0.3) is 0 Å². The molecule has 1 saturated heterocycles. The number of hydrogen-bond donors (Lipinski definition) is 2. The monoisotopic (exact) mass is 318 g/mol. The third kappa shape index (κ3) is 4.18. The molecule has 1 aromatic rings. The lowest BCUT2D eigenvalue weighted by Crippen LogP contribution is -2.59. The average Bonchev–Trinajstić information content (AvgIpc) is 2.53. The maximum atomic E-state index is 12.6. The van der Waals surface area contributed by atoms with Gasteiger partial charge in [-0.15, -0.1) is 0 Å². The fourth-order valence-corrected chi connectivity index (χ4v) is 2.94. The van der Waals surface area contributed by atoms with Crippen molar-refractivity contribution in [2.24, 2.45) is 5.41 Å². The van der Waals surface area contributed by atoms with E-state index in [4.69, 9.17) is 0 Å². The molecule has 23 heavy (non-hydrogen) atoms. The van der Waals surface area contributed by atoms with E-state index in [0.717, 1.165) is 18.4 Å². The highest BCUT2D eigenvalue weighted by molar-refractivity contribution is 6.08. The summed E-state index contributed by atoms with van der Waals surface area (Å²) in [6, 6.07) is 9.50. The predicted molar refractivity (Wildman–Crippen MR) is 87.1 cm³/mol. The Labute approximate surface area is 136 Å². The number of unbranched alkanes of at least 4 members (excludes halogenated alkanes) is 3. The van der Waals surface area contributed by atoms with Crippen LogP contribution >= 0.6 is 0 Å². The Balaban J connectivity index is 2.14. The van der Waals surface area contributed by atoms with E-state index in [9.17, 15) is 14.0 Å². The van der Waals surface area contributed by atoms with Gasteiger partial charge in [-0.25, -0.2) is 0 Å². The van der Waals surface area contributed by atoms with Gasteiger partial charge in [-0.05, 0) is 24.8 Å². The lowest BCUT2D eigenvalue weighted by Gasteiger charge is -2.36. The molecule has 1 aliphatic rings. The number of halogens is 1. The van der Waals surface area contributed by atoms with Crippen LogP contribution in [0.1, 0.15) is 37.7 Å². The van der Waals surface area contributed by atoms with Gasteiger partial charge < -0.3 is 10.6 Å². The van der Waals surface area contributed by atoms with Crippen LogP contribution in [0.15, 0.2) is 42.7 Å². The van der Waals surface area contributed by atoms with Crippen LogP contribution in [-0.4, -0.2) is 18.5 Å². The van der Waals surface area contributed by atoms with Crippen LogP contribution in [0, 0.1) is 5.41 Å². The number of carbonyl (C=O) groups is 2. The quantitative estimate of drug-likeness (QED) is 0.572. The molecule has 0 spiro atoms. The van der Waals surface area contributed by atoms with E-state index in [1.54, 1.807) is 0 Å². The van der Waals surface area contributed by atoms with E-state index in [1.807, 2.05) is 30.3 Å². The number of rotatable bonds is 8. The topological polar surface area (TPSA) is 58.2 Å². The van der Waals surface area contributed by atoms with Crippen molar-refractivity contribution in [3.8, 4) is 0 Å². The summed E-state index contributed by atoms with van der Waals surface area (Å²) in [7, 11) is 0. The van der Waals surface area contributed by atoms with Crippen molar-refractivity contribution >= 4 is 11.8 Å². The van der Waals surface area contributed by atoms with Crippen LogP contribution in [0.4, 0.5) is 4.39 Å². The summed E-state index contributed by atoms with van der Waals surface area (Å²) in [6.45, 7) is 3.28. The van der Waals surface area contributed by atoms with Crippen molar-refractivity contribution in [3.05, 3.63) is 48.3 Å². The highest BCUT2D eigenvalue weighted by Gasteiger charge is 2.48. The van der Waals surface area contributed by atoms with Gasteiger partial charge in [-0.3, -0.25) is 14.0 Å². The van der Waals surface area contributed by atoms with Gasteiger partial charge in [-0.1, -0.05) is 56.2 Å². The van der Waals surface area contributed by atoms with Crippen molar-refractivity contribution in [1.82, 2.24) is 10.6 Å². The first-order valence-corrected chi connectivity index (χ1v) is 8.00. The second kappa shape index (κ2) is 7.90. The molecule has 0 aromatic heterocycles. The zero-order valence-electron chi connectivity index (χ0n) is 13.2. The van der Waals surface area contributed by atoms with Gasteiger partial charge in [0.25, 0.3) is 0 Å². The molecule has 0 aliphatic carbocycles. The Morgan fingerprint density at radius 3 is 2.17 bits per heavy atom. The molecule has 0 bridgehead atoms. The van der Waals surface area contributed by atoms with E-state index in [2.05, 4.69) is 17.2 Å². The minimum absolute atomic E-state index is 0.223. The van der Waals surface area contributed by atoms with Gasteiger partial charge in [-0.2, -0.15) is 0 Å². The number of hydrogen-bond acceptors (Lipinski definition) is 2. The molecule has 1 fully saturated rings. The van der Waals surface area contributed by atoms with Gasteiger partial charge >= 0.3 is 0 Å². The third-order valence-electron chi connectivity index (χ3n) is 4.23. The molecule has 4 nitrogen and oxygen atoms in total. The van der Waals surface area contributed by atoms with Crippen LogP contribution < -0.4 is 10.6 Å². The fourth-order valence-electron chi connectivity index (χ4n) is 2.94. The number of carbonyl (C=O) groups excluding carboxylic acids is 2. The molecule has 2 N–H and O–H groups in total. The first kappa shape index (κ1) is 17.2. The summed E-state index contributed by atoms with van der Waals surface area (Å²) in [6.07, 6.45) is 3.61. The maximum absolute atomic E-state index is 12.6. The summed E-state index contributed by atoms with van der Waals surface area (Å²) >= 11 is 0. The number of alkyl halides is 1. The lowest BCUT2D eigenvalue weighted by atomic mass is 9.74. The summed E-state index contributed by atoms with van der Waals surface area (Å²) in [5.41, 5.74) is -0.188. The third-order valence-corrected chi connectivity index (χ3v) is 4.23. The van der Waals surface area contributed by atoms with E-state index < -0.39 is 5.41 Å². The summed E-state index contributed by atoms with van der Waals surface area (Å²) in [5.74, 6) is -0.387. The van der Waals surface area contributed by atoms with Crippen molar-refractivity contribution in [2.45, 2.75) is 38.5 Å². The van der Waals surface area contributed by atoms with Crippen LogP contribution in [-0.2, 0) is 16.0 Å². The first-order chi connectivity index (χ1) is 11.1. The van der Waals surface area contributed by atoms with Gasteiger partial charge in [0.1, 0.15) is 11.2 Å². The van der Waals surface area contributed by atoms with Crippen LogP contribution in [0.5, 0.6) is 0 Å². The molecule has 0 saturated carbocycles. The summed E-state index contributed by atoms with van der Waals surface area (Å²) in [4.78, 5) is 25.1. The molecule has 5 heteroatoms. The molecule has 2 amide bonds. The van der Waals surface area contributed by atoms with Crippen LogP contribution in [0.3, 0.4) is 0 Å². The Bertz CT molecular complexity index is 552. The summed E-state index contributed by atoms with van der Waals surface area (Å²) < 4.78 is 12.2. The maximum Gasteiger partial charge on any atom is 0.241 e. The predicted octanol–water partition coefficient (Wildman–Crippen LogP) is 2.85. The average molecular weight is 318 g/mol. The zero-order chi connectivity index (χ0) is 16.7. The normalized spacial score (nSPS) is 16.8. The fraction of sp³-hybridized carbons (Fsp3) is 0.444. The molecule has 0 radical (unpaired) electrons. The molecule has 124 valence electrons. The largest absolute Gasteiger partial charge is 0.312 e. The number of amides is 2. The second-order valence-corrected chi connectivity index (χ2v) is 5.98. The minimum atomic E-state index is -1.13.